The molecule has 2 aromatic heterocycles. The van der Waals surface area contributed by atoms with Crippen LogP contribution in [0.2, 0.25) is 0 Å². The van der Waals surface area contributed by atoms with Crippen LogP contribution in [0.25, 0.3) is 0 Å². The van der Waals surface area contributed by atoms with Gasteiger partial charge in [-0.1, -0.05) is 15.9 Å². The molecule has 0 aliphatic heterocycles. The highest BCUT2D eigenvalue weighted by molar-refractivity contribution is 9.10. The van der Waals surface area contributed by atoms with Crippen LogP contribution >= 0.6 is 15.9 Å². The van der Waals surface area contributed by atoms with Gasteiger partial charge in [0.25, 0.3) is 5.91 Å². The number of halogens is 1. The third-order valence-electron chi connectivity index (χ3n) is 2.99. The van der Waals surface area contributed by atoms with E-state index in [1.165, 1.54) is 18.7 Å². The number of benzene rings is 1. The Morgan fingerprint density at radius 3 is 2.52 bits per heavy atom. The van der Waals surface area contributed by atoms with Crippen molar-refractivity contribution in [1.82, 2.24) is 15.0 Å². The Bertz CT molecular complexity index is 808. The van der Waals surface area contributed by atoms with Gasteiger partial charge in [0, 0.05) is 28.8 Å². The number of hydrogen-bond donors (Lipinski definition) is 2. The highest BCUT2D eigenvalue weighted by Crippen LogP contribution is 2.24. The summed E-state index contributed by atoms with van der Waals surface area (Å²) in [5.74, 6) is 0.262. The van der Waals surface area contributed by atoms with Crippen LogP contribution < -0.4 is 10.6 Å². The number of anilines is 3. The minimum atomic E-state index is -0.294. The molecule has 2 heterocycles. The maximum Gasteiger partial charge on any atom is 0.258 e. The van der Waals surface area contributed by atoms with Crippen LogP contribution in [0.15, 0.2) is 65.8 Å². The molecule has 0 aliphatic carbocycles. The number of nitrogens with one attached hydrogen (secondary N) is 2. The first-order chi connectivity index (χ1) is 11.2. The lowest BCUT2D eigenvalue weighted by Crippen LogP contribution is -2.14. The molecule has 0 atom stereocenters. The Balaban J connectivity index is 1.80. The van der Waals surface area contributed by atoms with Crippen LogP contribution in [-0.2, 0) is 0 Å². The van der Waals surface area contributed by atoms with Crippen LogP contribution in [0, 0.1) is 0 Å². The molecule has 7 heteroatoms. The summed E-state index contributed by atoms with van der Waals surface area (Å²) in [5.41, 5.74) is 1.82. The molecule has 3 aromatic rings. The van der Waals surface area contributed by atoms with Crippen molar-refractivity contribution in [3.8, 4) is 0 Å². The molecule has 0 spiro atoms. The zero-order valence-corrected chi connectivity index (χ0v) is 13.5. The first kappa shape index (κ1) is 15.1. The van der Waals surface area contributed by atoms with Crippen molar-refractivity contribution in [2.45, 2.75) is 0 Å². The van der Waals surface area contributed by atoms with E-state index >= 15 is 0 Å². The number of aromatic nitrogens is 3. The molecule has 0 saturated heterocycles. The summed E-state index contributed by atoms with van der Waals surface area (Å²) in [6, 6.07) is 11.2. The van der Waals surface area contributed by atoms with E-state index in [9.17, 15) is 4.79 Å². The molecular formula is C16H12BrN5O. The van der Waals surface area contributed by atoms with Crippen LogP contribution in [0.5, 0.6) is 0 Å². The van der Waals surface area contributed by atoms with Gasteiger partial charge in [0.15, 0.2) is 5.82 Å². The first-order valence-electron chi connectivity index (χ1n) is 6.76. The number of nitrogens with zero attached hydrogens (tertiary/aromatic N) is 3. The number of pyridine rings is 1. The molecule has 0 bridgehead atoms. The van der Waals surface area contributed by atoms with Crippen molar-refractivity contribution in [3.05, 3.63) is 71.4 Å². The van der Waals surface area contributed by atoms with Gasteiger partial charge in [0.05, 0.1) is 11.3 Å². The van der Waals surface area contributed by atoms with E-state index in [1.54, 1.807) is 18.3 Å². The normalized spacial score (nSPS) is 10.1. The Morgan fingerprint density at radius 1 is 1.04 bits per heavy atom. The van der Waals surface area contributed by atoms with E-state index in [0.29, 0.717) is 17.1 Å². The minimum Gasteiger partial charge on any atom is -0.338 e. The number of hydrogen-bond acceptors (Lipinski definition) is 5. The SMILES string of the molecule is O=C(Nc1cccnc1Nc1ccc(Br)cc1)c1cncnc1. The van der Waals surface area contributed by atoms with Crippen LogP contribution in [-0.4, -0.2) is 20.9 Å². The van der Waals surface area contributed by atoms with Gasteiger partial charge in [0.2, 0.25) is 0 Å². The van der Waals surface area contributed by atoms with Crippen LogP contribution in [0.3, 0.4) is 0 Å². The highest BCUT2D eigenvalue weighted by Gasteiger charge is 2.10. The number of amides is 1. The van der Waals surface area contributed by atoms with Crippen molar-refractivity contribution >= 4 is 39.0 Å². The maximum atomic E-state index is 12.2. The molecule has 1 aromatic carbocycles. The molecule has 0 saturated carbocycles. The number of rotatable bonds is 4. The van der Waals surface area contributed by atoms with E-state index in [4.69, 9.17) is 0 Å². The Hall–Kier alpha value is -2.80. The van der Waals surface area contributed by atoms with Crippen LogP contribution in [0.1, 0.15) is 10.4 Å². The molecule has 0 radical (unpaired) electrons. The smallest absolute Gasteiger partial charge is 0.258 e. The molecule has 0 fully saturated rings. The number of carbonyl (C=O) groups is 1. The summed E-state index contributed by atoms with van der Waals surface area (Å²) < 4.78 is 0.988. The standard InChI is InChI=1S/C16H12BrN5O/c17-12-3-5-13(6-4-12)21-15-14(2-1-7-20-15)22-16(23)11-8-18-10-19-9-11/h1-10H,(H,20,21)(H,22,23). The van der Waals surface area contributed by atoms with Gasteiger partial charge in [-0.05, 0) is 36.4 Å². The fourth-order valence-electron chi connectivity index (χ4n) is 1.89. The molecule has 114 valence electrons. The van der Waals surface area contributed by atoms with E-state index in [2.05, 4.69) is 41.5 Å². The lowest BCUT2D eigenvalue weighted by Gasteiger charge is -2.12. The third-order valence-corrected chi connectivity index (χ3v) is 3.51. The average molecular weight is 370 g/mol. The second-order valence-electron chi connectivity index (χ2n) is 4.61. The molecule has 23 heavy (non-hydrogen) atoms. The van der Waals surface area contributed by atoms with Gasteiger partial charge in [-0.15, -0.1) is 0 Å². The Morgan fingerprint density at radius 2 is 1.78 bits per heavy atom. The van der Waals surface area contributed by atoms with Crippen molar-refractivity contribution in [2.24, 2.45) is 0 Å². The highest BCUT2D eigenvalue weighted by atomic mass is 79.9. The van der Waals surface area contributed by atoms with E-state index in [1.807, 2.05) is 24.3 Å². The fraction of sp³-hybridized carbons (Fsp3) is 0. The monoisotopic (exact) mass is 369 g/mol. The Kier molecular flexibility index (Phi) is 4.58. The predicted octanol–water partition coefficient (Wildman–Crippen LogP) is 3.63. The summed E-state index contributed by atoms with van der Waals surface area (Å²) in [7, 11) is 0. The molecule has 1 amide bonds. The number of carbonyl (C=O) groups excluding carboxylic acids is 1. The fourth-order valence-corrected chi connectivity index (χ4v) is 2.15. The average Bonchev–Trinajstić information content (AvgIpc) is 2.59. The van der Waals surface area contributed by atoms with Crippen molar-refractivity contribution in [3.63, 3.8) is 0 Å². The van der Waals surface area contributed by atoms with E-state index in [0.717, 1.165) is 10.2 Å². The van der Waals surface area contributed by atoms with Crippen LogP contribution in [0.4, 0.5) is 17.2 Å². The topological polar surface area (TPSA) is 79.8 Å². The van der Waals surface area contributed by atoms with Gasteiger partial charge in [-0.2, -0.15) is 0 Å². The van der Waals surface area contributed by atoms with E-state index < -0.39 is 0 Å². The summed E-state index contributed by atoms with van der Waals surface area (Å²) in [4.78, 5) is 24.2. The summed E-state index contributed by atoms with van der Waals surface area (Å²) in [5, 5.41) is 5.98. The van der Waals surface area contributed by atoms with Gasteiger partial charge >= 0.3 is 0 Å². The second-order valence-corrected chi connectivity index (χ2v) is 5.53. The first-order valence-corrected chi connectivity index (χ1v) is 7.55. The van der Waals surface area contributed by atoms with Crippen molar-refractivity contribution < 1.29 is 4.79 Å². The molecular weight excluding hydrogens is 358 g/mol. The predicted molar refractivity (Wildman–Crippen MR) is 91.6 cm³/mol. The van der Waals surface area contributed by atoms with Crippen molar-refractivity contribution in [2.75, 3.05) is 10.6 Å². The van der Waals surface area contributed by atoms with Gasteiger partial charge in [0.1, 0.15) is 6.33 Å². The van der Waals surface area contributed by atoms with Gasteiger partial charge in [-0.3, -0.25) is 4.79 Å². The maximum absolute atomic E-state index is 12.2. The summed E-state index contributed by atoms with van der Waals surface area (Å²) >= 11 is 3.39. The third kappa shape index (κ3) is 3.89. The van der Waals surface area contributed by atoms with Gasteiger partial charge < -0.3 is 10.6 Å². The van der Waals surface area contributed by atoms with Crippen molar-refractivity contribution in [1.29, 1.82) is 0 Å². The zero-order valence-electron chi connectivity index (χ0n) is 11.9. The molecule has 6 nitrogen and oxygen atoms in total. The molecule has 2 N–H and O–H groups in total. The van der Waals surface area contributed by atoms with E-state index in [-0.39, 0.29) is 5.91 Å². The summed E-state index contributed by atoms with van der Waals surface area (Å²) in [6.45, 7) is 0. The lowest BCUT2D eigenvalue weighted by atomic mass is 10.3. The Labute approximate surface area is 141 Å². The molecule has 0 unspecified atom stereocenters. The zero-order chi connectivity index (χ0) is 16.1. The minimum absolute atomic E-state index is 0.294. The molecule has 0 aliphatic rings. The largest absolute Gasteiger partial charge is 0.338 e. The quantitative estimate of drug-likeness (QED) is 0.733. The second kappa shape index (κ2) is 6.97. The summed E-state index contributed by atoms with van der Waals surface area (Å²) in [6.07, 6.45) is 5.95. The van der Waals surface area contributed by atoms with Gasteiger partial charge in [-0.25, -0.2) is 15.0 Å². The molecule has 3 rings (SSSR count). The lowest BCUT2D eigenvalue weighted by molar-refractivity contribution is 0.102.